The van der Waals surface area contributed by atoms with Gasteiger partial charge in [-0.3, -0.25) is 23.7 Å². The van der Waals surface area contributed by atoms with Gasteiger partial charge in [0.05, 0.1) is 28.3 Å². The Hall–Kier alpha value is -5.51. The number of aromatic nitrogens is 3. The second-order valence-corrected chi connectivity index (χ2v) is 12.9. The van der Waals surface area contributed by atoms with Crippen LogP contribution in [0.3, 0.4) is 0 Å². The number of thiazole rings is 1. The molecule has 0 aliphatic carbocycles. The second kappa shape index (κ2) is 15.6. The van der Waals surface area contributed by atoms with Gasteiger partial charge < -0.3 is 36.4 Å². The van der Waals surface area contributed by atoms with Gasteiger partial charge in [-0.15, -0.1) is 0 Å². The van der Waals surface area contributed by atoms with Crippen molar-refractivity contribution < 1.29 is 33.1 Å². The van der Waals surface area contributed by atoms with Crippen molar-refractivity contribution >= 4 is 56.7 Å². The predicted octanol–water partition coefficient (Wildman–Crippen LogP) is 3.65. The van der Waals surface area contributed by atoms with Crippen LogP contribution in [0.1, 0.15) is 83.4 Å². The number of benzene rings is 1. The van der Waals surface area contributed by atoms with Crippen molar-refractivity contribution in [2.75, 3.05) is 24.2 Å². The van der Waals surface area contributed by atoms with Crippen molar-refractivity contribution in [2.24, 2.45) is 16.5 Å². The fourth-order valence-electron chi connectivity index (χ4n) is 4.65. The maximum Gasteiger partial charge on any atom is 0.317 e. The molecule has 0 unspecified atom stereocenters. The van der Waals surface area contributed by atoms with Crippen LogP contribution in [0.5, 0.6) is 5.75 Å². The van der Waals surface area contributed by atoms with Crippen LogP contribution in [0.2, 0.25) is 0 Å². The summed E-state index contributed by atoms with van der Waals surface area (Å²) in [5.41, 5.74) is 18.7. The van der Waals surface area contributed by atoms with Crippen molar-refractivity contribution in [3.8, 4) is 5.75 Å². The summed E-state index contributed by atoms with van der Waals surface area (Å²) in [4.78, 5) is 62.2. The third-order valence-corrected chi connectivity index (χ3v) is 7.82. The van der Waals surface area contributed by atoms with Gasteiger partial charge in [0, 0.05) is 38.2 Å². The number of carbonyl (C=O) groups is 4. The average Bonchev–Trinajstić information content (AvgIpc) is 3.57. The van der Waals surface area contributed by atoms with Crippen LogP contribution in [0.25, 0.3) is 10.3 Å². The molecule has 49 heavy (non-hydrogen) atoms. The molecule has 0 bridgehead atoms. The molecule has 4 rings (SSSR count). The highest BCUT2D eigenvalue weighted by atomic mass is 32.1. The molecule has 3 heterocycles. The van der Waals surface area contributed by atoms with Gasteiger partial charge in [0.15, 0.2) is 16.3 Å². The van der Waals surface area contributed by atoms with E-state index in [2.05, 4.69) is 20.3 Å². The normalized spacial score (nSPS) is 12.1. The SMILES string of the molecule is CCc1nc(C)oc1C(=O)N=c1sc2cc(C(N)=O)cnc2n1C/C=C/CNc1c(N)cc(C(N)=O)cc1OCCCC(=O)OC(C)(C)C. The molecule has 16 heteroatoms. The maximum absolute atomic E-state index is 13.2. The number of pyridine rings is 1. The van der Waals surface area contributed by atoms with Crippen LogP contribution in [0.15, 0.2) is 46.0 Å². The van der Waals surface area contributed by atoms with E-state index < -0.39 is 23.3 Å². The van der Waals surface area contributed by atoms with E-state index in [0.29, 0.717) is 57.6 Å². The molecular weight excluding hydrogens is 652 g/mol. The minimum atomic E-state index is -0.669. The lowest BCUT2D eigenvalue weighted by atomic mass is 10.1. The fourth-order valence-corrected chi connectivity index (χ4v) is 5.69. The number of hydrogen-bond acceptors (Lipinski definition) is 12. The van der Waals surface area contributed by atoms with Gasteiger partial charge in [0.2, 0.25) is 17.6 Å². The molecule has 0 spiro atoms. The third-order valence-electron chi connectivity index (χ3n) is 6.81. The lowest BCUT2D eigenvalue weighted by Gasteiger charge is -2.19. The third kappa shape index (κ3) is 9.53. The summed E-state index contributed by atoms with van der Waals surface area (Å²) in [6.07, 6.45) is 6.04. The number of amides is 3. The zero-order valence-electron chi connectivity index (χ0n) is 28.0. The number of ether oxygens (including phenoxy) is 2. The minimum Gasteiger partial charge on any atom is -0.491 e. The van der Waals surface area contributed by atoms with Crippen molar-refractivity contribution in [1.82, 2.24) is 14.5 Å². The van der Waals surface area contributed by atoms with Crippen LogP contribution in [0.4, 0.5) is 11.4 Å². The molecule has 7 N–H and O–H groups in total. The number of rotatable bonds is 14. The highest BCUT2D eigenvalue weighted by Gasteiger charge is 2.19. The standard InChI is InChI=1S/C33H40N8O7S/c1-6-22-27(47-18(2)39-22)31(45)40-32-41(30-24(49-32)16-20(17-38-30)29(36)44)12-8-7-11-37-26-21(34)14-19(28(35)43)15-23(26)46-13-9-10-25(42)48-33(3,4)5/h7-8,14-17,37H,6,9-13,34H2,1-5H3,(H2,35,43)(H2,36,44)/b8-7+,40-32?. The zero-order chi connectivity index (χ0) is 35.9. The number of aryl methyl sites for hydroxylation is 2. The monoisotopic (exact) mass is 692 g/mol. The highest BCUT2D eigenvalue weighted by Crippen LogP contribution is 2.33. The number of allylic oxidation sites excluding steroid dienone is 1. The van der Waals surface area contributed by atoms with E-state index in [0.717, 1.165) is 0 Å². The molecule has 0 saturated carbocycles. The lowest BCUT2D eigenvalue weighted by Crippen LogP contribution is -2.24. The highest BCUT2D eigenvalue weighted by molar-refractivity contribution is 7.16. The van der Waals surface area contributed by atoms with E-state index in [1.807, 2.05) is 19.1 Å². The fraction of sp³-hybridized carbons (Fsp3) is 0.364. The number of nitrogen functional groups attached to an aromatic ring is 1. The number of fused-ring (bicyclic) bond motifs is 1. The number of esters is 1. The van der Waals surface area contributed by atoms with Crippen LogP contribution >= 0.6 is 11.3 Å². The van der Waals surface area contributed by atoms with Crippen LogP contribution in [-0.2, 0) is 22.5 Å². The summed E-state index contributed by atoms with van der Waals surface area (Å²) in [5, 5.41) is 3.20. The first-order chi connectivity index (χ1) is 23.2. The van der Waals surface area contributed by atoms with Gasteiger partial charge in [-0.1, -0.05) is 30.4 Å². The number of carbonyl (C=O) groups excluding carboxylic acids is 4. The minimum absolute atomic E-state index is 0.0670. The van der Waals surface area contributed by atoms with Gasteiger partial charge in [0.1, 0.15) is 17.0 Å². The lowest BCUT2D eigenvalue weighted by molar-refractivity contribution is -0.155. The van der Waals surface area contributed by atoms with E-state index >= 15 is 0 Å². The molecule has 0 radical (unpaired) electrons. The Morgan fingerprint density at radius 3 is 2.51 bits per heavy atom. The molecule has 0 saturated heterocycles. The van der Waals surface area contributed by atoms with Crippen LogP contribution in [-0.4, -0.2) is 57.0 Å². The molecular formula is C33H40N8O7S. The zero-order valence-corrected chi connectivity index (χ0v) is 28.8. The van der Waals surface area contributed by atoms with Gasteiger partial charge in [0.25, 0.3) is 0 Å². The Balaban J connectivity index is 1.53. The molecule has 260 valence electrons. The van der Waals surface area contributed by atoms with Crippen molar-refractivity contribution in [3.05, 3.63) is 69.8 Å². The molecule has 15 nitrogen and oxygen atoms in total. The van der Waals surface area contributed by atoms with Crippen LogP contribution < -0.4 is 32.1 Å². The van der Waals surface area contributed by atoms with Crippen molar-refractivity contribution in [2.45, 2.75) is 66.0 Å². The van der Waals surface area contributed by atoms with Crippen molar-refractivity contribution in [1.29, 1.82) is 0 Å². The Bertz CT molecular complexity index is 1980. The molecule has 1 aromatic carbocycles. The number of primary amides is 2. The summed E-state index contributed by atoms with van der Waals surface area (Å²) in [7, 11) is 0. The molecule has 0 atom stereocenters. The number of hydrogen-bond donors (Lipinski definition) is 4. The van der Waals surface area contributed by atoms with E-state index in [-0.39, 0.29) is 48.1 Å². The van der Waals surface area contributed by atoms with E-state index in [9.17, 15) is 19.2 Å². The first kappa shape index (κ1) is 36.3. The number of anilines is 2. The molecule has 3 aromatic heterocycles. The van der Waals surface area contributed by atoms with Gasteiger partial charge in [-0.2, -0.15) is 4.99 Å². The number of nitrogens with zero attached hydrogens (tertiary/aromatic N) is 4. The quantitative estimate of drug-likeness (QED) is 0.0644. The Morgan fingerprint density at radius 2 is 1.84 bits per heavy atom. The Labute approximate surface area is 286 Å². The molecule has 0 aliphatic heterocycles. The Kier molecular flexibility index (Phi) is 11.6. The topological polar surface area (TPSA) is 233 Å². The van der Waals surface area contributed by atoms with Crippen LogP contribution in [0, 0.1) is 6.92 Å². The second-order valence-electron chi connectivity index (χ2n) is 11.9. The largest absolute Gasteiger partial charge is 0.491 e. The summed E-state index contributed by atoms with van der Waals surface area (Å²) < 4.78 is 19.1. The summed E-state index contributed by atoms with van der Waals surface area (Å²) >= 11 is 1.17. The van der Waals surface area contributed by atoms with E-state index in [4.69, 9.17) is 31.1 Å². The van der Waals surface area contributed by atoms with Gasteiger partial charge in [-0.25, -0.2) is 9.97 Å². The predicted molar refractivity (Wildman–Crippen MR) is 184 cm³/mol. The van der Waals surface area contributed by atoms with Gasteiger partial charge >= 0.3 is 11.9 Å². The van der Waals surface area contributed by atoms with E-state index in [1.54, 1.807) is 38.3 Å². The smallest absolute Gasteiger partial charge is 0.317 e. The van der Waals surface area contributed by atoms with E-state index in [1.165, 1.54) is 29.7 Å². The summed E-state index contributed by atoms with van der Waals surface area (Å²) in [5.74, 6) is -1.51. The first-order valence-corrected chi connectivity index (χ1v) is 16.3. The number of nitrogens with two attached hydrogens (primary N) is 3. The van der Waals surface area contributed by atoms with Gasteiger partial charge in [-0.05, 0) is 51.8 Å². The first-order valence-electron chi connectivity index (χ1n) is 15.5. The number of nitrogens with one attached hydrogen (secondary N) is 1. The average molecular weight is 693 g/mol. The molecule has 0 aliphatic rings. The summed E-state index contributed by atoms with van der Waals surface area (Å²) in [6, 6.07) is 4.54. The maximum atomic E-state index is 13.2. The Morgan fingerprint density at radius 1 is 1.10 bits per heavy atom. The molecule has 3 amide bonds. The molecule has 0 fully saturated rings. The molecule has 4 aromatic rings. The summed E-state index contributed by atoms with van der Waals surface area (Å²) in [6.45, 7) is 9.62. The number of oxazole rings is 1. The van der Waals surface area contributed by atoms with Crippen molar-refractivity contribution in [3.63, 3.8) is 0 Å².